The summed E-state index contributed by atoms with van der Waals surface area (Å²) in [5.41, 5.74) is 3.96. The average molecular weight is 401 g/mol. The molecule has 29 heavy (non-hydrogen) atoms. The molecule has 144 valence electrons. The van der Waals surface area contributed by atoms with Crippen LogP contribution in [0.2, 0.25) is 0 Å². The van der Waals surface area contributed by atoms with E-state index < -0.39 is 0 Å². The Bertz CT molecular complexity index is 1010. The Hall–Kier alpha value is -3.31. The van der Waals surface area contributed by atoms with Crippen molar-refractivity contribution in [2.45, 2.75) is 9.79 Å². The third-order valence-electron chi connectivity index (χ3n) is 4.49. The molecule has 2 heterocycles. The zero-order chi connectivity index (χ0) is 20.1. The number of hydrogen-bond acceptors (Lipinski definition) is 5. The molecule has 5 heteroatoms. The first-order valence-corrected chi connectivity index (χ1v) is 9.97. The van der Waals surface area contributed by atoms with Crippen LogP contribution in [0.1, 0.15) is 0 Å². The van der Waals surface area contributed by atoms with Gasteiger partial charge in [-0.2, -0.15) is 0 Å². The molecule has 4 aromatic rings. The molecule has 0 fully saturated rings. The number of pyridine rings is 2. The van der Waals surface area contributed by atoms with Crippen molar-refractivity contribution in [3.8, 4) is 34.0 Å². The van der Waals surface area contributed by atoms with E-state index in [0.717, 1.165) is 43.8 Å². The first-order valence-electron chi connectivity index (χ1n) is 9.15. The normalized spacial score (nSPS) is 10.6. The Kier molecular flexibility index (Phi) is 5.77. The Labute approximate surface area is 174 Å². The molecular formula is C24H20N2O2S. The Balaban J connectivity index is 1.70. The molecule has 0 radical (unpaired) electrons. The van der Waals surface area contributed by atoms with Gasteiger partial charge in [-0.1, -0.05) is 11.8 Å². The summed E-state index contributed by atoms with van der Waals surface area (Å²) in [6.45, 7) is 0. The second kappa shape index (κ2) is 8.80. The van der Waals surface area contributed by atoms with Gasteiger partial charge in [0.2, 0.25) is 0 Å². The predicted molar refractivity (Wildman–Crippen MR) is 117 cm³/mol. The van der Waals surface area contributed by atoms with E-state index in [2.05, 4.69) is 22.1 Å². The topological polar surface area (TPSA) is 44.2 Å². The standard InChI is InChI=1S/C24H20N2O2S/c1-27-19-11-7-17(8-12-19)23-21(5-3-15-25-23)29-22-6-4-16-26-24(22)18-9-13-20(28-2)14-10-18/h3-16H,1-2H3. The molecule has 0 saturated carbocycles. The van der Waals surface area contributed by atoms with E-state index in [1.54, 1.807) is 26.0 Å². The average Bonchev–Trinajstić information content (AvgIpc) is 2.80. The van der Waals surface area contributed by atoms with Gasteiger partial charge in [-0.15, -0.1) is 0 Å². The largest absolute Gasteiger partial charge is 0.497 e. The highest BCUT2D eigenvalue weighted by Crippen LogP contribution is 2.39. The van der Waals surface area contributed by atoms with E-state index in [4.69, 9.17) is 9.47 Å². The molecule has 0 aliphatic heterocycles. The zero-order valence-electron chi connectivity index (χ0n) is 16.2. The number of hydrogen-bond donors (Lipinski definition) is 0. The van der Waals surface area contributed by atoms with Crippen LogP contribution in [-0.2, 0) is 0 Å². The van der Waals surface area contributed by atoms with Crippen molar-refractivity contribution in [3.05, 3.63) is 85.2 Å². The van der Waals surface area contributed by atoms with E-state index in [1.165, 1.54) is 0 Å². The van der Waals surface area contributed by atoms with Gasteiger partial charge in [0.05, 0.1) is 25.6 Å². The maximum Gasteiger partial charge on any atom is 0.118 e. The van der Waals surface area contributed by atoms with Crippen molar-refractivity contribution in [3.63, 3.8) is 0 Å². The summed E-state index contributed by atoms with van der Waals surface area (Å²) >= 11 is 1.66. The number of rotatable bonds is 6. The fourth-order valence-electron chi connectivity index (χ4n) is 3.00. The van der Waals surface area contributed by atoms with Gasteiger partial charge in [0, 0.05) is 33.3 Å². The first-order chi connectivity index (χ1) is 14.3. The van der Waals surface area contributed by atoms with Crippen LogP contribution in [0, 0.1) is 0 Å². The maximum atomic E-state index is 5.27. The van der Waals surface area contributed by atoms with Crippen molar-refractivity contribution in [1.29, 1.82) is 0 Å². The number of benzene rings is 2. The predicted octanol–water partition coefficient (Wildman–Crippen LogP) is 5.98. The lowest BCUT2D eigenvalue weighted by Gasteiger charge is -2.12. The second-order valence-electron chi connectivity index (χ2n) is 6.26. The van der Waals surface area contributed by atoms with Gasteiger partial charge in [-0.3, -0.25) is 9.97 Å². The molecule has 0 atom stereocenters. The van der Waals surface area contributed by atoms with Gasteiger partial charge in [0.25, 0.3) is 0 Å². The lowest BCUT2D eigenvalue weighted by Crippen LogP contribution is -1.91. The number of aromatic nitrogens is 2. The molecule has 0 aliphatic carbocycles. The van der Waals surface area contributed by atoms with Crippen molar-refractivity contribution in [2.75, 3.05) is 14.2 Å². The van der Waals surface area contributed by atoms with E-state index in [0.29, 0.717) is 0 Å². The third-order valence-corrected chi connectivity index (χ3v) is 5.59. The second-order valence-corrected chi connectivity index (χ2v) is 7.34. The highest BCUT2D eigenvalue weighted by Gasteiger charge is 2.13. The van der Waals surface area contributed by atoms with Crippen molar-refractivity contribution >= 4 is 11.8 Å². The monoisotopic (exact) mass is 400 g/mol. The summed E-state index contributed by atoms with van der Waals surface area (Å²) in [6.07, 6.45) is 3.63. The SMILES string of the molecule is COc1ccc(-c2ncccc2Sc2cccnc2-c2ccc(OC)cc2)cc1. The molecule has 4 nitrogen and oxygen atoms in total. The van der Waals surface area contributed by atoms with Crippen LogP contribution in [-0.4, -0.2) is 24.2 Å². The lowest BCUT2D eigenvalue weighted by molar-refractivity contribution is 0.415. The lowest BCUT2D eigenvalue weighted by atomic mass is 10.1. The van der Waals surface area contributed by atoms with Crippen LogP contribution in [0.5, 0.6) is 11.5 Å². The number of ether oxygens (including phenoxy) is 2. The summed E-state index contributed by atoms with van der Waals surface area (Å²) in [5, 5.41) is 0. The third kappa shape index (κ3) is 4.25. The van der Waals surface area contributed by atoms with Crippen LogP contribution in [0.4, 0.5) is 0 Å². The van der Waals surface area contributed by atoms with Crippen LogP contribution in [0.3, 0.4) is 0 Å². The minimum Gasteiger partial charge on any atom is -0.497 e. The molecule has 0 N–H and O–H groups in total. The Morgan fingerprint density at radius 1 is 0.586 bits per heavy atom. The van der Waals surface area contributed by atoms with Gasteiger partial charge in [0.15, 0.2) is 0 Å². The minimum atomic E-state index is 0.827. The van der Waals surface area contributed by atoms with Gasteiger partial charge in [-0.25, -0.2) is 0 Å². The van der Waals surface area contributed by atoms with E-state index in [1.807, 2.05) is 73.1 Å². The Morgan fingerprint density at radius 2 is 1.00 bits per heavy atom. The molecule has 0 spiro atoms. The van der Waals surface area contributed by atoms with Gasteiger partial charge in [0.1, 0.15) is 11.5 Å². The molecule has 0 bridgehead atoms. The first kappa shape index (κ1) is 19.0. The Morgan fingerprint density at radius 3 is 1.38 bits per heavy atom. The van der Waals surface area contributed by atoms with Crippen molar-refractivity contribution < 1.29 is 9.47 Å². The van der Waals surface area contributed by atoms with E-state index in [9.17, 15) is 0 Å². The smallest absolute Gasteiger partial charge is 0.118 e. The molecule has 0 aliphatic rings. The fraction of sp³-hybridized carbons (Fsp3) is 0.0833. The van der Waals surface area contributed by atoms with Crippen LogP contribution < -0.4 is 9.47 Å². The molecule has 2 aromatic heterocycles. The summed E-state index contributed by atoms with van der Waals surface area (Å²) in [5.74, 6) is 1.65. The molecule has 0 saturated heterocycles. The van der Waals surface area contributed by atoms with Crippen LogP contribution in [0.25, 0.3) is 22.5 Å². The maximum absolute atomic E-state index is 5.27. The highest BCUT2D eigenvalue weighted by atomic mass is 32.2. The summed E-state index contributed by atoms with van der Waals surface area (Å²) in [7, 11) is 3.33. The van der Waals surface area contributed by atoms with Crippen LogP contribution in [0.15, 0.2) is 95.0 Å². The fourth-order valence-corrected chi connectivity index (χ4v) is 4.06. The van der Waals surface area contributed by atoms with Crippen LogP contribution >= 0.6 is 11.8 Å². The molecule has 4 rings (SSSR count). The van der Waals surface area contributed by atoms with Gasteiger partial charge >= 0.3 is 0 Å². The van der Waals surface area contributed by atoms with Gasteiger partial charge < -0.3 is 9.47 Å². The molecule has 0 unspecified atom stereocenters. The van der Waals surface area contributed by atoms with Crippen molar-refractivity contribution in [1.82, 2.24) is 9.97 Å². The minimum absolute atomic E-state index is 0.827. The van der Waals surface area contributed by atoms with E-state index >= 15 is 0 Å². The molecule has 2 aromatic carbocycles. The molecular weight excluding hydrogens is 380 g/mol. The number of nitrogens with zero attached hydrogens (tertiary/aromatic N) is 2. The summed E-state index contributed by atoms with van der Waals surface area (Å²) in [6, 6.07) is 24.0. The highest BCUT2D eigenvalue weighted by molar-refractivity contribution is 7.99. The van der Waals surface area contributed by atoms with E-state index in [-0.39, 0.29) is 0 Å². The molecule has 0 amide bonds. The summed E-state index contributed by atoms with van der Waals surface area (Å²) < 4.78 is 10.5. The van der Waals surface area contributed by atoms with Gasteiger partial charge in [-0.05, 0) is 72.8 Å². The zero-order valence-corrected chi connectivity index (χ0v) is 17.0. The van der Waals surface area contributed by atoms with Crippen molar-refractivity contribution in [2.24, 2.45) is 0 Å². The number of methoxy groups -OCH3 is 2. The summed E-state index contributed by atoms with van der Waals surface area (Å²) in [4.78, 5) is 11.4. The quantitative estimate of drug-likeness (QED) is 0.398.